The molecule has 1 N–H and O–H groups in total. The summed E-state index contributed by atoms with van der Waals surface area (Å²) in [7, 11) is 0. The largest absolute Gasteiger partial charge is 0.380 e. The van der Waals surface area contributed by atoms with Crippen molar-refractivity contribution in [1.82, 2.24) is 0 Å². The van der Waals surface area contributed by atoms with Gasteiger partial charge in [-0.05, 0) is 30.9 Å². The molecule has 0 aliphatic heterocycles. The number of hydrogen-bond acceptors (Lipinski definition) is 1. The topological polar surface area (TPSA) is 20.2 Å². The standard InChI is InChI=1S/C18H20O/c1-15(2)13-14-18(19,16-9-5-3-6-10-16)17-11-7-4-8-12-17/h3-12,19H,1,13-14H2,2H3. The quantitative estimate of drug-likeness (QED) is 0.787. The predicted octanol–water partition coefficient (Wildman–Crippen LogP) is 4.28. The van der Waals surface area contributed by atoms with Crippen molar-refractivity contribution in [3.8, 4) is 0 Å². The van der Waals surface area contributed by atoms with Crippen LogP contribution in [0.2, 0.25) is 0 Å². The molecule has 0 amide bonds. The van der Waals surface area contributed by atoms with E-state index in [1.165, 1.54) is 0 Å². The average molecular weight is 252 g/mol. The number of aliphatic hydroxyl groups is 1. The van der Waals surface area contributed by atoms with Crippen molar-refractivity contribution < 1.29 is 5.11 Å². The molecule has 0 spiro atoms. The Hall–Kier alpha value is -1.86. The molecule has 0 heterocycles. The molecule has 0 aliphatic rings. The molecule has 98 valence electrons. The molecule has 1 heteroatoms. The zero-order valence-corrected chi connectivity index (χ0v) is 11.3. The van der Waals surface area contributed by atoms with Crippen molar-refractivity contribution in [2.75, 3.05) is 0 Å². The first-order chi connectivity index (χ1) is 9.13. The minimum absolute atomic E-state index is 0.649. The van der Waals surface area contributed by atoms with Gasteiger partial charge < -0.3 is 5.11 Å². The van der Waals surface area contributed by atoms with Crippen LogP contribution in [0, 0.1) is 0 Å². The van der Waals surface area contributed by atoms with E-state index in [1.54, 1.807) is 0 Å². The van der Waals surface area contributed by atoms with E-state index >= 15 is 0 Å². The van der Waals surface area contributed by atoms with Gasteiger partial charge >= 0.3 is 0 Å². The fourth-order valence-corrected chi connectivity index (χ4v) is 2.28. The lowest BCUT2D eigenvalue weighted by atomic mass is 9.82. The second-order valence-corrected chi connectivity index (χ2v) is 5.05. The van der Waals surface area contributed by atoms with Gasteiger partial charge in [0.15, 0.2) is 0 Å². The Morgan fingerprint density at radius 2 is 1.37 bits per heavy atom. The van der Waals surface area contributed by atoms with Crippen molar-refractivity contribution in [2.24, 2.45) is 0 Å². The second-order valence-electron chi connectivity index (χ2n) is 5.05. The third-order valence-electron chi connectivity index (χ3n) is 3.42. The molecule has 2 aromatic rings. The van der Waals surface area contributed by atoms with Crippen LogP contribution in [0.4, 0.5) is 0 Å². The van der Waals surface area contributed by atoms with Gasteiger partial charge in [0.1, 0.15) is 5.60 Å². The predicted molar refractivity (Wildman–Crippen MR) is 79.9 cm³/mol. The van der Waals surface area contributed by atoms with E-state index in [4.69, 9.17) is 0 Å². The Kier molecular flexibility index (Phi) is 4.18. The number of benzene rings is 2. The first-order valence-corrected chi connectivity index (χ1v) is 6.61. The molecule has 0 atom stereocenters. The maximum absolute atomic E-state index is 11.2. The van der Waals surface area contributed by atoms with Crippen LogP contribution in [0.25, 0.3) is 0 Å². The monoisotopic (exact) mass is 252 g/mol. The van der Waals surface area contributed by atoms with E-state index in [2.05, 4.69) is 6.58 Å². The van der Waals surface area contributed by atoms with Crippen molar-refractivity contribution in [2.45, 2.75) is 25.4 Å². The zero-order chi connectivity index (χ0) is 13.7. The average Bonchev–Trinajstić information content (AvgIpc) is 2.46. The molecule has 2 rings (SSSR count). The second kappa shape index (κ2) is 5.85. The van der Waals surface area contributed by atoms with Crippen LogP contribution in [-0.2, 0) is 5.60 Å². The summed E-state index contributed by atoms with van der Waals surface area (Å²) in [5, 5.41) is 11.2. The Bertz CT molecular complexity index is 489. The maximum atomic E-state index is 11.2. The van der Waals surface area contributed by atoms with Crippen molar-refractivity contribution in [3.63, 3.8) is 0 Å². The molecule has 0 aromatic heterocycles. The van der Waals surface area contributed by atoms with E-state index < -0.39 is 5.60 Å². The fraction of sp³-hybridized carbons (Fsp3) is 0.222. The molecule has 0 saturated heterocycles. The molecule has 2 aromatic carbocycles. The first-order valence-electron chi connectivity index (χ1n) is 6.61. The Balaban J connectivity index is 2.41. The van der Waals surface area contributed by atoms with Gasteiger partial charge in [-0.15, -0.1) is 6.58 Å². The lowest BCUT2D eigenvalue weighted by molar-refractivity contribution is 0.0713. The number of allylic oxidation sites excluding steroid dienone is 1. The Morgan fingerprint density at radius 3 is 1.74 bits per heavy atom. The molecular weight excluding hydrogens is 232 g/mol. The summed E-state index contributed by atoms with van der Waals surface area (Å²) < 4.78 is 0. The molecule has 0 fully saturated rings. The van der Waals surface area contributed by atoms with Crippen LogP contribution in [0.15, 0.2) is 72.8 Å². The molecule has 19 heavy (non-hydrogen) atoms. The van der Waals surface area contributed by atoms with E-state index in [-0.39, 0.29) is 0 Å². The molecule has 0 unspecified atom stereocenters. The molecule has 0 saturated carbocycles. The van der Waals surface area contributed by atoms with Gasteiger partial charge in [-0.25, -0.2) is 0 Å². The summed E-state index contributed by atoms with van der Waals surface area (Å²) in [4.78, 5) is 0. The van der Waals surface area contributed by atoms with Crippen molar-refractivity contribution >= 4 is 0 Å². The van der Waals surface area contributed by atoms with E-state index in [0.717, 1.165) is 23.1 Å². The third kappa shape index (κ3) is 3.12. The summed E-state index contributed by atoms with van der Waals surface area (Å²) in [6.45, 7) is 5.93. The Morgan fingerprint density at radius 1 is 0.947 bits per heavy atom. The summed E-state index contributed by atoms with van der Waals surface area (Å²) >= 11 is 0. The van der Waals surface area contributed by atoms with Crippen LogP contribution in [0.5, 0.6) is 0 Å². The van der Waals surface area contributed by atoms with Gasteiger partial charge in [-0.2, -0.15) is 0 Å². The van der Waals surface area contributed by atoms with E-state index in [1.807, 2.05) is 67.6 Å². The molecule has 0 radical (unpaired) electrons. The van der Waals surface area contributed by atoms with Gasteiger partial charge in [-0.3, -0.25) is 0 Å². The number of hydrogen-bond donors (Lipinski definition) is 1. The summed E-state index contributed by atoms with van der Waals surface area (Å²) in [6.07, 6.45) is 1.46. The number of rotatable bonds is 5. The summed E-state index contributed by atoms with van der Waals surface area (Å²) in [5.74, 6) is 0. The smallest absolute Gasteiger partial charge is 0.115 e. The molecular formula is C18H20O. The Labute approximate surface area is 115 Å². The summed E-state index contributed by atoms with van der Waals surface area (Å²) in [6, 6.07) is 19.7. The maximum Gasteiger partial charge on any atom is 0.115 e. The molecule has 0 bridgehead atoms. The molecule has 1 nitrogen and oxygen atoms in total. The fourth-order valence-electron chi connectivity index (χ4n) is 2.28. The third-order valence-corrected chi connectivity index (χ3v) is 3.42. The van der Waals surface area contributed by atoms with Crippen LogP contribution in [-0.4, -0.2) is 5.11 Å². The highest BCUT2D eigenvalue weighted by atomic mass is 16.3. The van der Waals surface area contributed by atoms with E-state index in [0.29, 0.717) is 6.42 Å². The van der Waals surface area contributed by atoms with Crippen LogP contribution >= 0.6 is 0 Å². The zero-order valence-electron chi connectivity index (χ0n) is 11.3. The van der Waals surface area contributed by atoms with Gasteiger partial charge in [-0.1, -0.05) is 66.2 Å². The molecule has 0 aliphatic carbocycles. The highest BCUT2D eigenvalue weighted by Crippen LogP contribution is 2.34. The lowest BCUT2D eigenvalue weighted by Gasteiger charge is -2.29. The normalized spacial score (nSPS) is 11.3. The minimum atomic E-state index is -0.943. The van der Waals surface area contributed by atoms with E-state index in [9.17, 15) is 5.11 Å². The highest BCUT2D eigenvalue weighted by Gasteiger charge is 2.30. The van der Waals surface area contributed by atoms with Crippen LogP contribution in [0.1, 0.15) is 30.9 Å². The lowest BCUT2D eigenvalue weighted by Crippen LogP contribution is -2.27. The van der Waals surface area contributed by atoms with Crippen molar-refractivity contribution in [1.29, 1.82) is 0 Å². The highest BCUT2D eigenvalue weighted by molar-refractivity contribution is 5.36. The van der Waals surface area contributed by atoms with Gasteiger partial charge in [0.25, 0.3) is 0 Å². The first kappa shape index (κ1) is 13.6. The summed E-state index contributed by atoms with van der Waals surface area (Å²) in [5.41, 5.74) is 2.01. The SMILES string of the molecule is C=C(C)CCC(O)(c1ccccc1)c1ccccc1. The van der Waals surface area contributed by atoms with Gasteiger partial charge in [0.05, 0.1) is 0 Å². The van der Waals surface area contributed by atoms with Gasteiger partial charge in [0.2, 0.25) is 0 Å². The van der Waals surface area contributed by atoms with Crippen LogP contribution < -0.4 is 0 Å². The van der Waals surface area contributed by atoms with Crippen molar-refractivity contribution in [3.05, 3.63) is 83.9 Å². The minimum Gasteiger partial charge on any atom is -0.380 e. The van der Waals surface area contributed by atoms with Gasteiger partial charge in [0, 0.05) is 0 Å². The van der Waals surface area contributed by atoms with Crippen LogP contribution in [0.3, 0.4) is 0 Å².